The molecule has 0 aliphatic carbocycles. The third-order valence-corrected chi connectivity index (χ3v) is 4.98. The number of anilines is 3. The minimum Gasteiger partial charge on any atom is -0.383 e. The van der Waals surface area contributed by atoms with E-state index < -0.39 is 0 Å². The zero-order chi connectivity index (χ0) is 17.9. The van der Waals surface area contributed by atoms with Crippen LogP contribution in [0.4, 0.5) is 17.3 Å². The molecule has 1 aliphatic rings. The van der Waals surface area contributed by atoms with Gasteiger partial charge in [0.1, 0.15) is 5.82 Å². The first-order chi connectivity index (χ1) is 12.7. The summed E-state index contributed by atoms with van der Waals surface area (Å²) >= 11 is 0. The summed E-state index contributed by atoms with van der Waals surface area (Å²) in [5, 5.41) is 7.83. The predicted octanol–water partition coefficient (Wildman–Crippen LogP) is 3.40. The second-order valence-electron chi connectivity index (χ2n) is 6.68. The lowest BCUT2D eigenvalue weighted by molar-refractivity contribution is 0.354. The molecule has 3 heterocycles. The average molecular weight is 348 g/mol. The Morgan fingerprint density at radius 2 is 2.04 bits per heavy atom. The van der Waals surface area contributed by atoms with Gasteiger partial charge in [-0.1, -0.05) is 25.1 Å². The number of likely N-dealkylation sites (N-methyl/N-ethyl adjacent to an activating group) is 1. The summed E-state index contributed by atoms with van der Waals surface area (Å²) in [4.78, 5) is 6.79. The number of nitrogen functional groups attached to an aromatic ring is 1. The van der Waals surface area contributed by atoms with Crippen LogP contribution in [0.2, 0.25) is 0 Å². The quantitative estimate of drug-likeness (QED) is 0.739. The van der Waals surface area contributed by atoms with Crippen LogP contribution in [0.25, 0.3) is 5.82 Å². The second kappa shape index (κ2) is 7.17. The Hall–Kier alpha value is -2.86. The molecule has 4 rings (SSSR count). The number of nitrogens with one attached hydrogen (secondary N) is 1. The summed E-state index contributed by atoms with van der Waals surface area (Å²) in [5.41, 5.74) is 8.49. The normalized spacial score (nSPS) is 17.5. The van der Waals surface area contributed by atoms with Crippen molar-refractivity contribution < 1.29 is 0 Å². The number of benzene rings is 1. The van der Waals surface area contributed by atoms with Crippen LogP contribution in [0.5, 0.6) is 0 Å². The molecule has 6 nitrogen and oxygen atoms in total. The lowest BCUT2D eigenvalue weighted by atomic mass is 9.98. The van der Waals surface area contributed by atoms with Gasteiger partial charge in [-0.2, -0.15) is 4.68 Å². The highest BCUT2D eigenvalue weighted by atomic mass is 15.4. The molecular weight excluding hydrogens is 324 g/mol. The zero-order valence-corrected chi connectivity index (χ0v) is 15.0. The largest absolute Gasteiger partial charge is 0.383 e. The van der Waals surface area contributed by atoms with Gasteiger partial charge in [0.15, 0.2) is 11.6 Å². The second-order valence-corrected chi connectivity index (χ2v) is 6.68. The van der Waals surface area contributed by atoms with Crippen molar-refractivity contribution in [2.24, 2.45) is 0 Å². The van der Waals surface area contributed by atoms with Crippen molar-refractivity contribution in [1.82, 2.24) is 19.7 Å². The molecule has 26 heavy (non-hydrogen) atoms. The predicted molar refractivity (Wildman–Crippen MR) is 105 cm³/mol. The molecule has 1 unspecified atom stereocenters. The van der Waals surface area contributed by atoms with Crippen molar-refractivity contribution in [2.45, 2.75) is 19.3 Å². The molecular formula is C20H24N6. The van der Waals surface area contributed by atoms with Crippen molar-refractivity contribution in [1.29, 1.82) is 0 Å². The topological polar surface area (TPSA) is 72.0 Å². The van der Waals surface area contributed by atoms with Gasteiger partial charge in [-0.15, -0.1) is 5.10 Å². The maximum absolute atomic E-state index is 6.08. The molecule has 0 spiro atoms. The maximum atomic E-state index is 6.08. The van der Waals surface area contributed by atoms with Gasteiger partial charge >= 0.3 is 0 Å². The van der Waals surface area contributed by atoms with E-state index in [0.717, 1.165) is 18.8 Å². The number of hydrogen-bond acceptors (Lipinski definition) is 5. The van der Waals surface area contributed by atoms with Gasteiger partial charge in [-0.25, -0.2) is 4.98 Å². The van der Waals surface area contributed by atoms with Crippen molar-refractivity contribution in [3.05, 3.63) is 60.3 Å². The Balaban J connectivity index is 1.46. The first kappa shape index (κ1) is 16.6. The Labute approximate surface area is 153 Å². The van der Waals surface area contributed by atoms with Gasteiger partial charge in [-0.05, 0) is 55.3 Å². The van der Waals surface area contributed by atoms with Gasteiger partial charge in [0, 0.05) is 24.5 Å². The maximum Gasteiger partial charge on any atom is 0.155 e. The highest BCUT2D eigenvalue weighted by Gasteiger charge is 2.22. The number of nitrogens with two attached hydrogens (primary N) is 1. The molecule has 0 radical (unpaired) electrons. The molecule has 0 bridgehead atoms. The molecule has 134 valence electrons. The van der Waals surface area contributed by atoms with Gasteiger partial charge < -0.3 is 16.0 Å². The van der Waals surface area contributed by atoms with Crippen LogP contribution in [-0.4, -0.2) is 39.3 Å². The SMILES string of the molecule is CCN1CCC(c2ccc(Nc3cc(N)n(-c4ccccn4)n3)cc2)C1. The van der Waals surface area contributed by atoms with Gasteiger partial charge in [0.25, 0.3) is 0 Å². The third-order valence-electron chi connectivity index (χ3n) is 4.98. The smallest absolute Gasteiger partial charge is 0.155 e. The number of pyridine rings is 1. The molecule has 3 N–H and O–H groups in total. The summed E-state index contributed by atoms with van der Waals surface area (Å²) in [6, 6.07) is 16.1. The molecule has 1 saturated heterocycles. The molecule has 2 aromatic heterocycles. The lowest BCUT2D eigenvalue weighted by Crippen LogP contribution is -2.19. The van der Waals surface area contributed by atoms with E-state index in [-0.39, 0.29) is 0 Å². The standard InChI is InChI=1S/C20H24N6/c1-2-25-12-10-16(14-25)15-6-8-17(9-7-15)23-19-13-18(21)26(24-19)20-5-3-4-11-22-20/h3-9,11,13,16H,2,10,12,14,21H2,1H3,(H,23,24). The molecule has 1 aliphatic heterocycles. The molecule has 1 aromatic carbocycles. The van der Waals surface area contributed by atoms with E-state index in [1.54, 1.807) is 10.9 Å². The Kier molecular flexibility index (Phi) is 4.58. The number of likely N-dealkylation sites (tertiary alicyclic amines) is 1. The Morgan fingerprint density at radius 1 is 1.19 bits per heavy atom. The van der Waals surface area contributed by atoms with E-state index in [1.807, 2.05) is 24.3 Å². The lowest BCUT2D eigenvalue weighted by Gasteiger charge is -2.13. The Bertz CT molecular complexity index is 856. The van der Waals surface area contributed by atoms with E-state index in [0.29, 0.717) is 23.4 Å². The highest BCUT2D eigenvalue weighted by molar-refractivity contribution is 5.60. The Morgan fingerprint density at radius 3 is 2.73 bits per heavy atom. The molecule has 1 fully saturated rings. The van der Waals surface area contributed by atoms with Crippen LogP contribution < -0.4 is 11.1 Å². The van der Waals surface area contributed by atoms with Crippen molar-refractivity contribution in [3.8, 4) is 5.82 Å². The fourth-order valence-corrected chi connectivity index (χ4v) is 3.50. The third kappa shape index (κ3) is 3.41. The van der Waals surface area contributed by atoms with Crippen LogP contribution in [0.15, 0.2) is 54.7 Å². The van der Waals surface area contributed by atoms with E-state index in [1.165, 1.54) is 18.5 Å². The van der Waals surface area contributed by atoms with Crippen LogP contribution >= 0.6 is 0 Å². The van der Waals surface area contributed by atoms with E-state index in [4.69, 9.17) is 5.73 Å². The average Bonchev–Trinajstić information content (AvgIpc) is 3.30. The zero-order valence-electron chi connectivity index (χ0n) is 15.0. The minimum atomic E-state index is 0.549. The van der Waals surface area contributed by atoms with Gasteiger partial charge in [0.05, 0.1) is 0 Å². The summed E-state index contributed by atoms with van der Waals surface area (Å²) < 4.78 is 1.63. The first-order valence-corrected chi connectivity index (χ1v) is 9.09. The van der Waals surface area contributed by atoms with Crippen LogP contribution in [0, 0.1) is 0 Å². The molecule has 3 aromatic rings. The summed E-state index contributed by atoms with van der Waals surface area (Å²) in [6.45, 7) is 5.72. The molecule has 0 saturated carbocycles. The molecule has 6 heteroatoms. The molecule has 0 amide bonds. The highest BCUT2D eigenvalue weighted by Crippen LogP contribution is 2.28. The van der Waals surface area contributed by atoms with E-state index in [2.05, 4.69) is 51.5 Å². The number of aromatic nitrogens is 3. The van der Waals surface area contributed by atoms with Crippen LogP contribution in [0.1, 0.15) is 24.8 Å². The van der Waals surface area contributed by atoms with Crippen LogP contribution in [-0.2, 0) is 0 Å². The summed E-state index contributed by atoms with van der Waals surface area (Å²) in [6.07, 6.45) is 2.97. The number of nitrogens with zero attached hydrogens (tertiary/aromatic N) is 4. The van der Waals surface area contributed by atoms with Gasteiger partial charge in [-0.3, -0.25) is 0 Å². The van der Waals surface area contributed by atoms with E-state index >= 15 is 0 Å². The first-order valence-electron chi connectivity index (χ1n) is 9.09. The monoisotopic (exact) mass is 348 g/mol. The van der Waals surface area contributed by atoms with Crippen LogP contribution in [0.3, 0.4) is 0 Å². The molecule has 1 atom stereocenters. The summed E-state index contributed by atoms with van der Waals surface area (Å²) in [7, 11) is 0. The summed E-state index contributed by atoms with van der Waals surface area (Å²) in [5.74, 6) is 2.60. The number of hydrogen-bond donors (Lipinski definition) is 2. The fourth-order valence-electron chi connectivity index (χ4n) is 3.50. The number of rotatable bonds is 5. The van der Waals surface area contributed by atoms with Gasteiger partial charge in [0.2, 0.25) is 0 Å². The fraction of sp³-hybridized carbons (Fsp3) is 0.300. The van der Waals surface area contributed by atoms with Crippen molar-refractivity contribution in [3.63, 3.8) is 0 Å². The van der Waals surface area contributed by atoms with Crippen molar-refractivity contribution in [2.75, 3.05) is 30.7 Å². The van der Waals surface area contributed by atoms with Crippen molar-refractivity contribution >= 4 is 17.3 Å². The minimum absolute atomic E-state index is 0.549. The van der Waals surface area contributed by atoms with E-state index in [9.17, 15) is 0 Å².